The third-order valence-electron chi connectivity index (χ3n) is 5.39. The molecule has 0 amide bonds. The van der Waals surface area contributed by atoms with E-state index in [4.69, 9.17) is 11.5 Å². The van der Waals surface area contributed by atoms with Crippen molar-refractivity contribution in [1.29, 1.82) is 0 Å². The fraction of sp³-hybridized carbons (Fsp3) is 0.0870. The van der Waals surface area contributed by atoms with Gasteiger partial charge in [-0.3, -0.25) is 4.98 Å². The van der Waals surface area contributed by atoms with E-state index in [-0.39, 0.29) is 28.0 Å². The number of fused-ring (bicyclic) bond motifs is 1. The molecule has 11 heteroatoms. The van der Waals surface area contributed by atoms with Crippen LogP contribution >= 0.6 is 0 Å². The number of hydrogen-bond acceptors (Lipinski definition) is 6. The number of rotatable bonds is 4. The Hall–Kier alpha value is -4.22. The number of halogens is 3. The topological polar surface area (TPSA) is 121 Å². The largest absolute Gasteiger partial charge is 0.435 e. The average Bonchev–Trinajstić information content (AvgIpc) is 3.45. The van der Waals surface area contributed by atoms with Crippen molar-refractivity contribution in [2.75, 3.05) is 5.73 Å². The first-order chi connectivity index (χ1) is 16.2. The molecule has 0 aliphatic rings. The van der Waals surface area contributed by atoms with Crippen LogP contribution in [0.25, 0.3) is 33.5 Å². The fourth-order valence-corrected chi connectivity index (χ4v) is 3.82. The molecule has 5 N–H and O–H groups in total. The molecule has 1 atom stereocenters. The molecule has 172 valence electrons. The summed E-state index contributed by atoms with van der Waals surface area (Å²) in [5.41, 5.74) is 12.9. The zero-order chi connectivity index (χ0) is 24.0. The number of hydrogen-bond donors (Lipinski definition) is 3. The van der Waals surface area contributed by atoms with E-state index in [1.54, 1.807) is 36.8 Å². The second-order valence-corrected chi connectivity index (χ2v) is 7.60. The van der Waals surface area contributed by atoms with Crippen molar-refractivity contribution >= 4 is 16.6 Å². The maximum Gasteiger partial charge on any atom is 0.435 e. The molecule has 2 aromatic carbocycles. The number of aliphatic hydroxyl groups is 1. The summed E-state index contributed by atoms with van der Waals surface area (Å²) in [4.78, 5) is 8.38. The second kappa shape index (κ2) is 7.97. The molecule has 0 saturated heterocycles. The van der Waals surface area contributed by atoms with Crippen LogP contribution in [0.15, 0.2) is 73.4 Å². The smallest absolute Gasteiger partial charge is 0.397 e. The summed E-state index contributed by atoms with van der Waals surface area (Å²) in [6.07, 6.45) is 0.331. The van der Waals surface area contributed by atoms with Crippen LogP contribution in [-0.4, -0.2) is 29.4 Å². The van der Waals surface area contributed by atoms with Crippen molar-refractivity contribution in [1.82, 2.24) is 24.3 Å². The van der Waals surface area contributed by atoms with Gasteiger partial charge in [-0.25, -0.2) is 9.67 Å². The lowest BCUT2D eigenvalue weighted by molar-refractivity contribution is -0.140. The SMILES string of the molecule is Nc1cc(C(N)O)ccc1-n1nc(C(F)(F)F)c2c(-n3cnc(-c4cccnc4)c3)cccc21. The van der Waals surface area contributed by atoms with E-state index < -0.39 is 18.1 Å². The molecule has 3 aromatic heterocycles. The van der Waals surface area contributed by atoms with Crippen molar-refractivity contribution in [2.45, 2.75) is 12.4 Å². The summed E-state index contributed by atoms with van der Waals surface area (Å²) < 4.78 is 44.9. The van der Waals surface area contributed by atoms with Crippen LogP contribution in [-0.2, 0) is 6.18 Å². The highest BCUT2D eigenvalue weighted by Crippen LogP contribution is 2.39. The summed E-state index contributed by atoms with van der Waals surface area (Å²) in [5.74, 6) is 0. The highest BCUT2D eigenvalue weighted by Gasteiger charge is 2.38. The number of nitrogen functional groups attached to an aromatic ring is 1. The summed E-state index contributed by atoms with van der Waals surface area (Å²) in [6, 6.07) is 12.6. The maximum atomic E-state index is 14.1. The van der Waals surface area contributed by atoms with E-state index >= 15 is 0 Å². The van der Waals surface area contributed by atoms with Gasteiger partial charge in [-0.2, -0.15) is 18.3 Å². The Morgan fingerprint density at radius 2 is 1.85 bits per heavy atom. The van der Waals surface area contributed by atoms with E-state index in [0.717, 1.165) is 10.2 Å². The van der Waals surface area contributed by atoms with Gasteiger partial charge in [0, 0.05) is 24.2 Å². The predicted molar refractivity (Wildman–Crippen MR) is 120 cm³/mol. The molecule has 8 nitrogen and oxygen atoms in total. The molecule has 0 radical (unpaired) electrons. The molecule has 1 unspecified atom stereocenters. The third kappa shape index (κ3) is 3.66. The lowest BCUT2D eigenvalue weighted by Gasteiger charge is -2.11. The van der Waals surface area contributed by atoms with Crippen molar-refractivity contribution in [3.05, 3.63) is 84.7 Å². The van der Waals surface area contributed by atoms with Gasteiger partial charge in [-0.15, -0.1) is 0 Å². The Balaban J connectivity index is 1.72. The molecular formula is C23H18F3N7O. The van der Waals surface area contributed by atoms with Crippen molar-refractivity contribution in [3.8, 4) is 22.6 Å². The van der Waals surface area contributed by atoms with E-state index in [9.17, 15) is 18.3 Å². The molecule has 34 heavy (non-hydrogen) atoms. The quantitative estimate of drug-likeness (QED) is 0.274. The van der Waals surface area contributed by atoms with Crippen molar-refractivity contribution in [3.63, 3.8) is 0 Å². The number of benzene rings is 2. The Kier molecular flexibility index (Phi) is 5.07. The zero-order valence-electron chi connectivity index (χ0n) is 17.5. The predicted octanol–water partition coefficient (Wildman–Crippen LogP) is 3.82. The number of aromatic nitrogens is 5. The van der Waals surface area contributed by atoms with Gasteiger partial charge in [-0.05, 0) is 42.0 Å². The first-order valence-corrected chi connectivity index (χ1v) is 10.1. The molecule has 0 aliphatic heterocycles. The number of alkyl halides is 3. The van der Waals surface area contributed by atoms with E-state index in [1.807, 2.05) is 6.07 Å². The van der Waals surface area contributed by atoms with Crippen molar-refractivity contribution < 1.29 is 18.3 Å². The highest BCUT2D eigenvalue weighted by molar-refractivity contribution is 5.92. The first kappa shape index (κ1) is 21.6. The number of imidazole rings is 1. The Bertz CT molecular complexity index is 1490. The number of nitrogens with zero attached hydrogens (tertiary/aromatic N) is 5. The molecule has 0 aliphatic carbocycles. The van der Waals surface area contributed by atoms with Gasteiger partial charge in [-0.1, -0.05) is 12.1 Å². The summed E-state index contributed by atoms with van der Waals surface area (Å²) in [7, 11) is 0. The van der Waals surface area contributed by atoms with Gasteiger partial charge in [0.1, 0.15) is 6.23 Å². The van der Waals surface area contributed by atoms with E-state index in [2.05, 4.69) is 15.1 Å². The minimum Gasteiger partial charge on any atom is -0.397 e. The Labute approximate surface area is 190 Å². The molecule has 5 aromatic rings. The standard InChI is InChI=1S/C23H18F3N7O/c24-23(25,26)21-20-18(32-11-16(30-12-32)14-3-2-8-29-10-14)4-1-5-19(20)33(31-21)17-7-6-13(22(28)34)9-15(17)27/h1-12,22,34H,27-28H2. The summed E-state index contributed by atoms with van der Waals surface area (Å²) >= 11 is 0. The third-order valence-corrected chi connectivity index (χ3v) is 5.39. The summed E-state index contributed by atoms with van der Waals surface area (Å²) in [6.45, 7) is 0. The van der Waals surface area contributed by atoms with Gasteiger partial charge >= 0.3 is 6.18 Å². The minimum atomic E-state index is -4.73. The normalized spacial score (nSPS) is 12.9. The molecule has 0 spiro atoms. The zero-order valence-corrected chi connectivity index (χ0v) is 17.5. The van der Waals surface area contributed by atoms with Crippen LogP contribution < -0.4 is 11.5 Å². The van der Waals surface area contributed by atoms with Crippen molar-refractivity contribution in [2.24, 2.45) is 5.73 Å². The maximum absolute atomic E-state index is 14.1. The first-order valence-electron chi connectivity index (χ1n) is 10.1. The second-order valence-electron chi connectivity index (χ2n) is 7.60. The number of anilines is 1. The fourth-order valence-electron chi connectivity index (χ4n) is 3.82. The molecule has 0 fully saturated rings. The Morgan fingerprint density at radius 1 is 1.03 bits per heavy atom. The van der Waals surface area contributed by atoms with Crippen LogP contribution in [0.2, 0.25) is 0 Å². The molecular weight excluding hydrogens is 447 g/mol. The van der Waals surface area contributed by atoms with E-state index in [0.29, 0.717) is 11.3 Å². The average molecular weight is 465 g/mol. The van der Waals surface area contributed by atoms with Gasteiger partial charge in [0.05, 0.1) is 40.0 Å². The molecule has 0 bridgehead atoms. The lowest BCUT2D eigenvalue weighted by atomic mass is 10.1. The van der Waals surface area contributed by atoms with Gasteiger partial charge in [0.15, 0.2) is 5.69 Å². The lowest BCUT2D eigenvalue weighted by Crippen LogP contribution is -2.11. The van der Waals surface area contributed by atoms with Crippen LogP contribution in [0.1, 0.15) is 17.5 Å². The minimum absolute atomic E-state index is 0.104. The number of nitrogens with two attached hydrogens (primary N) is 2. The molecule has 3 heterocycles. The van der Waals surface area contributed by atoms with Gasteiger partial charge in [0.2, 0.25) is 0 Å². The number of aliphatic hydroxyl groups excluding tert-OH is 1. The summed E-state index contributed by atoms with van der Waals surface area (Å²) in [5, 5.41) is 13.4. The monoisotopic (exact) mass is 465 g/mol. The molecule has 0 saturated carbocycles. The number of pyridine rings is 1. The molecule has 5 rings (SSSR count). The van der Waals surface area contributed by atoms with Gasteiger partial charge in [0.25, 0.3) is 0 Å². The van der Waals surface area contributed by atoms with Gasteiger partial charge < -0.3 is 21.1 Å². The van der Waals surface area contributed by atoms with Crippen LogP contribution in [0, 0.1) is 0 Å². The van der Waals surface area contributed by atoms with E-state index in [1.165, 1.54) is 35.2 Å². The van der Waals surface area contributed by atoms with Crippen LogP contribution in [0.4, 0.5) is 18.9 Å². The highest BCUT2D eigenvalue weighted by atomic mass is 19.4. The van der Waals surface area contributed by atoms with Crippen LogP contribution in [0.5, 0.6) is 0 Å². The Morgan fingerprint density at radius 3 is 2.53 bits per heavy atom. The van der Waals surface area contributed by atoms with Crippen LogP contribution in [0.3, 0.4) is 0 Å².